The minimum Gasteiger partial charge on any atom is -0.353 e. The summed E-state index contributed by atoms with van der Waals surface area (Å²) in [6.07, 6.45) is 7.84. The van der Waals surface area contributed by atoms with Gasteiger partial charge in [-0.05, 0) is 38.7 Å². The van der Waals surface area contributed by atoms with E-state index in [9.17, 15) is 9.59 Å². The van der Waals surface area contributed by atoms with Crippen molar-refractivity contribution in [3.05, 3.63) is 35.9 Å². The zero-order valence-corrected chi connectivity index (χ0v) is 16.1. The van der Waals surface area contributed by atoms with Crippen molar-refractivity contribution >= 4 is 11.8 Å². The molecule has 142 valence electrons. The van der Waals surface area contributed by atoms with Crippen molar-refractivity contribution in [3.8, 4) is 0 Å². The van der Waals surface area contributed by atoms with Crippen LogP contribution < -0.4 is 5.32 Å². The Morgan fingerprint density at radius 1 is 1.04 bits per heavy atom. The molecule has 0 spiro atoms. The fourth-order valence-corrected chi connectivity index (χ4v) is 4.00. The van der Waals surface area contributed by atoms with Crippen molar-refractivity contribution in [2.45, 2.75) is 77.4 Å². The third-order valence-corrected chi connectivity index (χ3v) is 5.75. The van der Waals surface area contributed by atoms with Gasteiger partial charge < -0.3 is 10.2 Å². The number of amides is 2. The molecular weight excluding hydrogens is 324 g/mol. The van der Waals surface area contributed by atoms with E-state index in [0.29, 0.717) is 19.0 Å². The normalized spacial score (nSPS) is 23.3. The summed E-state index contributed by atoms with van der Waals surface area (Å²) in [5.74, 6) is -0.0294. The molecule has 1 N–H and O–H groups in total. The van der Waals surface area contributed by atoms with Gasteiger partial charge in [0.05, 0.1) is 11.8 Å². The van der Waals surface area contributed by atoms with Crippen molar-refractivity contribution < 1.29 is 9.59 Å². The van der Waals surface area contributed by atoms with Crippen molar-refractivity contribution in [2.75, 3.05) is 0 Å². The van der Waals surface area contributed by atoms with Crippen molar-refractivity contribution in [2.24, 2.45) is 11.8 Å². The summed E-state index contributed by atoms with van der Waals surface area (Å²) < 4.78 is 0. The summed E-state index contributed by atoms with van der Waals surface area (Å²) in [5, 5.41) is 3.21. The highest BCUT2D eigenvalue weighted by Crippen LogP contribution is 2.41. The molecule has 1 aromatic carbocycles. The van der Waals surface area contributed by atoms with Crippen LogP contribution in [-0.4, -0.2) is 28.8 Å². The SMILES string of the molecule is CC(C)N(Cc1ccccc1)C(=O)C1CC1C(=O)NC1CCCCCC1. The quantitative estimate of drug-likeness (QED) is 0.786. The summed E-state index contributed by atoms with van der Waals surface area (Å²) in [6.45, 7) is 4.71. The number of rotatable bonds is 6. The second-order valence-corrected chi connectivity index (χ2v) is 8.19. The average molecular weight is 357 g/mol. The van der Waals surface area contributed by atoms with E-state index < -0.39 is 0 Å². The number of hydrogen-bond acceptors (Lipinski definition) is 2. The molecule has 3 rings (SSSR count). The molecule has 0 aliphatic heterocycles. The molecule has 2 saturated carbocycles. The van der Waals surface area contributed by atoms with Gasteiger partial charge in [-0.2, -0.15) is 0 Å². The van der Waals surface area contributed by atoms with Gasteiger partial charge in [0.15, 0.2) is 0 Å². The van der Waals surface area contributed by atoms with Gasteiger partial charge in [-0.1, -0.05) is 56.0 Å². The van der Waals surface area contributed by atoms with Gasteiger partial charge in [-0.3, -0.25) is 9.59 Å². The van der Waals surface area contributed by atoms with Crippen molar-refractivity contribution in [1.29, 1.82) is 0 Å². The van der Waals surface area contributed by atoms with Crippen LogP contribution in [0, 0.1) is 11.8 Å². The lowest BCUT2D eigenvalue weighted by molar-refractivity contribution is -0.137. The Morgan fingerprint density at radius 3 is 2.31 bits per heavy atom. The smallest absolute Gasteiger partial charge is 0.227 e. The Morgan fingerprint density at radius 2 is 1.69 bits per heavy atom. The second-order valence-electron chi connectivity index (χ2n) is 8.19. The van der Waals surface area contributed by atoms with Gasteiger partial charge in [0.25, 0.3) is 0 Å². The predicted molar refractivity (Wildman–Crippen MR) is 103 cm³/mol. The van der Waals surface area contributed by atoms with E-state index in [-0.39, 0.29) is 29.7 Å². The molecule has 0 bridgehead atoms. The first-order valence-corrected chi connectivity index (χ1v) is 10.2. The lowest BCUT2D eigenvalue weighted by Crippen LogP contribution is -2.40. The molecule has 4 nitrogen and oxygen atoms in total. The average Bonchev–Trinajstić information content (AvgIpc) is 3.44. The minimum atomic E-state index is -0.133. The Labute approximate surface area is 157 Å². The molecule has 4 heteroatoms. The number of hydrogen-bond donors (Lipinski definition) is 1. The number of nitrogens with zero attached hydrogens (tertiary/aromatic N) is 1. The topological polar surface area (TPSA) is 49.4 Å². The van der Waals surface area contributed by atoms with Crippen LogP contribution in [0.2, 0.25) is 0 Å². The minimum absolute atomic E-state index is 0.0960. The van der Waals surface area contributed by atoms with Gasteiger partial charge >= 0.3 is 0 Å². The van der Waals surface area contributed by atoms with Crippen LogP contribution in [-0.2, 0) is 16.1 Å². The second kappa shape index (κ2) is 8.70. The van der Waals surface area contributed by atoms with Crippen LogP contribution in [0.5, 0.6) is 0 Å². The zero-order chi connectivity index (χ0) is 18.5. The fraction of sp³-hybridized carbons (Fsp3) is 0.636. The van der Waals surface area contributed by atoms with E-state index in [1.165, 1.54) is 25.7 Å². The molecule has 2 aliphatic rings. The van der Waals surface area contributed by atoms with E-state index in [0.717, 1.165) is 18.4 Å². The summed E-state index contributed by atoms with van der Waals surface area (Å²) >= 11 is 0. The first-order chi connectivity index (χ1) is 12.6. The van der Waals surface area contributed by atoms with Gasteiger partial charge in [0.2, 0.25) is 11.8 Å². The van der Waals surface area contributed by atoms with Gasteiger partial charge in [-0.15, -0.1) is 0 Å². The zero-order valence-electron chi connectivity index (χ0n) is 16.1. The van der Waals surface area contributed by atoms with Crippen LogP contribution in [0.4, 0.5) is 0 Å². The molecule has 0 saturated heterocycles. The summed E-state index contributed by atoms with van der Waals surface area (Å²) in [4.78, 5) is 27.4. The maximum atomic E-state index is 13.0. The fourth-order valence-electron chi connectivity index (χ4n) is 4.00. The Bertz CT molecular complexity index is 606. The highest BCUT2D eigenvalue weighted by Gasteiger charge is 2.50. The third kappa shape index (κ3) is 4.87. The van der Waals surface area contributed by atoms with Gasteiger partial charge in [-0.25, -0.2) is 0 Å². The molecule has 1 aromatic rings. The molecule has 2 amide bonds. The van der Waals surface area contributed by atoms with Gasteiger partial charge in [0, 0.05) is 18.6 Å². The van der Waals surface area contributed by atoms with E-state index in [1.807, 2.05) is 49.1 Å². The Hall–Kier alpha value is -1.84. The van der Waals surface area contributed by atoms with Crippen LogP contribution >= 0.6 is 0 Å². The number of benzene rings is 1. The number of carbonyl (C=O) groups is 2. The van der Waals surface area contributed by atoms with Crippen LogP contribution in [0.1, 0.15) is 64.4 Å². The van der Waals surface area contributed by atoms with Crippen LogP contribution in [0.3, 0.4) is 0 Å². The molecule has 0 heterocycles. The Balaban J connectivity index is 1.54. The number of nitrogens with one attached hydrogen (secondary N) is 1. The molecule has 0 aromatic heterocycles. The molecule has 0 radical (unpaired) electrons. The standard InChI is InChI=1S/C22H32N2O2/c1-16(2)24(15-17-10-6-5-7-11-17)22(26)20-14-19(20)21(25)23-18-12-8-3-4-9-13-18/h5-7,10-11,16,18-20H,3-4,8-9,12-15H2,1-2H3,(H,23,25). The van der Waals surface area contributed by atoms with Crippen molar-refractivity contribution in [3.63, 3.8) is 0 Å². The van der Waals surface area contributed by atoms with E-state index in [1.54, 1.807) is 0 Å². The largest absolute Gasteiger partial charge is 0.353 e. The lowest BCUT2D eigenvalue weighted by Gasteiger charge is -2.27. The van der Waals surface area contributed by atoms with Crippen LogP contribution in [0.25, 0.3) is 0 Å². The highest BCUT2D eigenvalue weighted by molar-refractivity contribution is 5.92. The molecular formula is C22H32N2O2. The summed E-state index contributed by atoms with van der Waals surface area (Å²) in [6, 6.07) is 10.5. The number of carbonyl (C=O) groups excluding carboxylic acids is 2. The van der Waals surface area contributed by atoms with E-state index in [2.05, 4.69) is 5.32 Å². The van der Waals surface area contributed by atoms with Crippen molar-refractivity contribution in [1.82, 2.24) is 10.2 Å². The molecule has 26 heavy (non-hydrogen) atoms. The molecule has 2 fully saturated rings. The maximum absolute atomic E-state index is 13.0. The highest BCUT2D eigenvalue weighted by atomic mass is 16.2. The van der Waals surface area contributed by atoms with E-state index in [4.69, 9.17) is 0 Å². The van der Waals surface area contributed by atoms with E-state index >= 15 is 0 Å². The maximum Gasteiger partial charge on any atom is 0.227 e. The first kappa shape index (κ1) is 18.9. The predicted octanol–water partition coefficient (Wildman–Crippen LogP) is 3.90. The Kier molecular flexibility index (Phi) is 6.33. The summed E-state index contributed by atoms with van der Waals surface area (Å²) in [5.41, 5.74) is 1.13. The van der Waals surface area contributed by atoms with Gasteiger partial charge in [0.1, 0.15) is 0 Å². The molecule has 2 atom stereocenters. The monoisotopic (exact) mass is 356 g/mol. The van der Waals surface area contributed by atoms with Crippen LogP contribution in [0.15, 0.2) is 30.3 Å². The first-order valence-electron chi connectivity index (χ1n) is 10.2. The lowest BCUT2D eigenvalue weighted by atomic mass is 10.1. The summed E-state index contributed by atoms with van der Waals surface area (Å²) in [7, 11) is 0. The molecule has 2 aliphatic carbocycles. The third-order valence-electron chi connectivity index (χ3n) is 5.75. The molecule has 2 unspecified atom stereocenters.